The van der Waals surface area contributed by atoms with Gasteiger partial charge in [-0.2, -0.15) is 0 Å². The quantitative estimate of drug-likeness (QED) is 0.589. The lowest BCUT2D eigenvalue weighted by Gasteiger charge is -2.12. The first-order valence-corrected chi connectivity index (χ1v) is 5.37. The molecule has 0 spiro atoms. The van der Waals surface area contributed by atoms with Gasteiger partial charge in [-0.15, -0.1) is 0 Å². The van der Waals surface area contributed by atoms with Gasteiger partial charge in [0.05, 0.1) is 5.46 Å². The highest BCUT2D eigenvalue weighted by Crippen LogP contribution is 2.13. The number of hydrogen-bond donors (Lipinski definition) is 3. The summed E-state index contributed by atoms with van der Waals surface area (Å²) in [5.41, 5.74) is 1.84. The van der Waals surface area contributed by atoms with E-state index >= 15 is 0 Å². The Balaban J connectivity index is 2.42. The molecule has 3 N–H and O–H groups in total. The van der Waals surface area contributed by atoms with Crippen molar-refractivity contribution in [1.29, 1.82) is 0 Å². The molecule has 1 aliphatic rings. The minimum atomic E-state index is -0.612. The van der Waals surface area contributed by atoms with Crippen LogP contribution in [0.1, 0.15) is 13.3 Å². The number of anilines is 1. The molecule has 3 nitrogen and oxygen atoms in total. The molecule has 0 bridgehead atoms. The van der Waals surface area contributed by atoms with Crippen LogP contribution in [0, 0.1) is 0 Å². The molecule has 1 aromatic carbocycles. The second-order valence-corrected chi connectivity index (χ2v) is 4.15. The molecule has 0 atom stereocenters. The Morgan fingerprint density at radius 3 is 3.07 bits per heavy atom. The third-order valence-corrected chi connectivity index (χ3v) is 2.75. The van der Waals surface area contributed by atoms with Gasteiger partial charge < -0.3 is 9.93 Å². The first-order valence-electron chi connectivity index (χ1n) is 4.57. The van der Waals surface area contributed by atoms with Gasteiger partial charge >= 0.3 is 7.05 Å². The van der Waals surface area contributed by atoms with Crippen LogP contribution in [0.4, 0.5) is 5.69 Å². The number of nitrogens with one attached hydrogen (secondary N) is 2. The zero-order valence-electron chi connectivity index (χ0n) is 7.84. The summed E-state index contributed by atoms with van der Waals surface area (Å²) < 4.78 is 0.971. The monoisotopic (exact) mass is 253 g/mol. The normalized spacial score (nSPS) is 14.5. The van der Waals surface area contributed by atoms with Gasteiger partial charge in [0.15, 0.2) is 0 Å². The lowest BCUT2D eigenvalue weighted by atomic mass is 9.73. The first kappa shape index (κ1) is 9.74. The van der Waals surface area contributed by atoms with E-state index in [1.54, 1.807) is 0 Å². The zero-order chi connectivity index (χ0) is 10.1. The van der Waals surface area contributed by atoms with E-state index in [0.717, 1.165) is 27.9 Å². The molecule has 0 aromatic heterocycles. The van der Waals surface area contributed by atoms with Crippen molar-refractivity contribution in [2.45, 2.75) is 13.3 Å². The number of amidine groups is 1. The van der Waals surface area contributed by atoms with Crippen LogP contribution in [0.3, 0.4) is 0 Å². The van der Waals surface area contributed by atoms with Crippen LogP contribution in [-0.4, -0.2) is 17.9 Å². The fourth-order valence-electron chi connectivity index (χ4n) is 1.51. The molecule has 0 unspecified atom stereocenters. The van der Waals surface area contributed by atoms with E-state index in [-0.39, 0.29) is 0 Å². The molecule has 0 saturated heterocycles. The average molecular weight is 254 g/mol. The molecule has 1 aliphatic heterocycles. The maximum Gasteiger partial charge on any atom is 0.574 e. The predicted molar refractivity (Wildman–Crippen MR) is 61.6 cm³/mol. The molecule has 0 radical (unpaired) electrons. The summed E-state index contributed by atoms with van der Waals surface area (Å²) in [6.45, 7) is 2.03. The highest BCUT2D eigenvalue weighted by atomic mass is 79.9. The van der Waals surface area contributed by atoms with Crippen molar-refractivity contribution in [3.63, 3.8) is 0 Å². The van der Waals surface area contributed by atoms with Crippen LogP contribution in [0.2, 0.25) is 0 Å². The summed E-state index contributed by atoms with van der Waals surface area (Å²) >= 11 is 3.38. The molecule has 0 aliphatic carbocycles. The number of fused-ring (bicyclic) bond motifs is 1. The molecule has 0 amide bonds. The van der Waals surface area contributed by atoms with Gasteiger partial charge in [-0.1, -0.05) is 22.9 Å². The van der Waals surface area contributed by atoms with Crippen molar-refractivity contribution < 1.29 is 9.93 Å². The third-order valence-electron chi connectivity index (χ3n) is 2.26. The van der Waals surface area contributed by atoms with E-state index in [2.05, 4.69) is 26.2 Å². The summed E-state index contributed by atoms with van der Waals surface area (Å²) in [5.74, 6) is 0.951. The molecule has 5 heteroatoms. The van der Waals surface area contributed by atoms with Crippen molar-refractivity contribution in [2.75, 3.05) is 5.32 Å². The fraction of sp³-hybridized carbons (Fsp3) is 0.222. The van der Waals surface area contributed by atoms with E-state index in [1.807, 2.05) is 25.1 Å². The van der Waals surface area contributed by atoms with Crippen LogP contribution in [-0.2, 0) is 0 Å². The highest BCUT2D eigenvalue weighted by molar-refractivity contribution is 9.10. The van der Waals surface area contributed by atoms with Gasteiger partial charge in [-0.3, -0.25) is 0 Å². The maximum absolute atomic E-state index is 9.79. The Morgan fingerprint density at radius 2 is 2.36 bits per heavy atom. The Bertz CT molecular complexity index is 394. The highest BCUT2D eigenvalue weighted by Gasteiger charge is 2.30. The first-order chi connectivity index (χ1) is 6.70. The van der Waals surface area contributed by atoms with Crippen LogP contribution < -0.4 is 15.7 Å². The van der Waals surface area contributed by atoms with E-state index in [9.17, 15) is 5.02 Å². The molecule has 2 rings (SSSR count). The van der Waals surface area contributed by atoms with E-state index in [4.69, 9.17) is 0 Å². The molecule has 0 fully saturated rings. The summed E-state index contributed by atoms with van der Waals surface area (Å²) in [5, 5.41) is 13.0. The number of hydrogen-bond acceptors (Lipinski definition) is 2. The number of halogens is 1. The van der Waals surface area contributed by atoms with Crippen LogP contribution >= 0.6 is 15.9 Å². The standard InChI is InChI=1S/C9H10BBrN2O/c1-2-9-12-8-4-3-6(11)5-7(8)10(14)13-9/h3-5,14H,2H2,1H3,(H,12,13)/p+1. The van der Waals surface area contributed by atoms with Crippen LogP contribution in [0.25, 0.3) is 0 Å². The second-order valence-electron chi connectivity index (χ2n) is 3.24. The van der Waals surface area contributed by atoms with E-state index < -0.39 is 7.05 Å². The minimum absolute atomic E-state index is 0.612. The molecule has 72 valence electrons. The van der Waals surface area contributed by atoms with Gasteiger partial charge in [0.25, 0.3) is 0 Å². The maximum atomic E-state index is 9.79. The van der Waals surface area contributed by atoms with Crippen molar-refractivity contribution in [2.24, 2.45) is 0 Å². The molecular formula is C9H11BBrN2O+. The molecule has 14 heavy (non-hydrogen) atoms. The molecule has 0 saturated carbocycles. The van der Waals surface area contributed by atoms with Gasteiger partial charge in [0.2, 0.25) is 5.84 Å². The summed E-state index contributed by atoms with van der Waals surface area (Å²) in [6, 6.07) is 5.82. The smallest absolute Gasteiger partial charge is 0.408 e. The van der Waals surface area contributed by atoms with E-state index in [1.165, 1.54) is 0 Å². The average Bonchev–Trinajstić information content (AvgIpc) is 2.19. The summed E-state index contributed by atoms with van der Waals surface area (Å²) in [4.78, 5) is 2.99. The number of rotatable bonds is 1. The van der Waals surface area contributed by atoms with Crippen LogP contribution in [0.5, 0.6) is 0 Å². The third kappa shape index (κ3) is 1.70. The van der Waals surface area contributed by atoms with Gasteiger partial charge in [0.1, 0.15) is 5.69 Å². The molecule has 1 heterocycles. The largest absolute Gasteiger partial charge is 0.574 e. The Hall–Kier alpha value is -0.805. The van der Waals surface area contributed by atoms with Crippen molar-refractivity contribution >= 4 is 40.0 Å². The number of benzene rings is 1. The van der Waals surface area contributed by atoms with Crippen molar-refractivity contribution in [3.8, 4) is 0 Å². The minimum Gasteiger partial charge on any atom is -0.408 e. The summed E-state index contributed by atoms with van der Waals surface area (Å²) in [7, 11) is -0.612. The summed E-state index contributed by atoms with van der Waals surface area (Å²) in [6.07, 6.45) is 0.854. The Morgan fingerprint density at radius 1 is 1.57 bits per heavy atom. The Kier molecular flexibility index (Phi) is 2.61. The van der Waals surface area contributed by atoms with Crippen molar-refractivity contribution in [1.82, 2.24) is 0 Å². The molecular weight excluding hydrogens is 243 g/mol. The lowest BCUT2D eigenvalue weighted by molar-refractivity contribution is -0.312. The fourth-order valence-corrected chi connectivity index (χ4v) is 1.88. The lowest BCUT2D eigenvalue weighted by Crippen LogP contribution is -2.90. The Labute approximate surface area is 91.5 Å². The van der Waals surface area contributed by atoms with Gasteiger partial charge in [-0.25, -0.2) is 5.32 Å². The predicted octanol–water partition coefficient (Wildman–Crippen LogP) is -0.549. The zero-order valence-corrected chi connectivity index (χ0v) is 9.43. The van der Waals surface area contributed by atoms with E-state index in [0.29, 0.717) is 0 Å². The van der Waals surface area contributed by atoms with Crippen LogP contribution in [0.15, 0.2) is 22.7 Å². The van der Waals surface area contributed by atoms with Gasteiger partial charge in [0, 0.05) is 10.9 Å². The SMILES string of the molecule is CCC1=[NH+]B(O)c2cc(Br)ccc2N1. The second kappa shape index (κ2) is 3.75. The van der Waals surface area contributed by atoms with Crippen molar-refractivity contribution in [3.05, 3.63) is 22.7 Å². The topological polar surface area (TPSA) is 46.2 Å². The molecule has 1 aromatic rings. The van der Waals surface area contributed by atoms with Gasteiger partial charge in [-0.05, 0) is 18.2 Å².